The number of rotatable bonds is 15. The summed E-state index contributed by atoms with van der Waals surface area (Å²) in [6.45, 7) is 1.35. The van der Waals surface area contributed by atoms with E-state index in [1.165, 1.54) is 14.0 Å². The molecule has 4 heterocycles. The highest BCUT2D eigenvalue weighted by molar-refractivity contribution is 6.28. The van der Waals surface area contributed by atoms with Crippen LogP contribution in [0.2, 0.25) is 0 Å². The summed E-state index contributed by atoms with van der Waals surface area (Å²) >= 11 is 0. The van der Waals surface area contributed by atoms with Crippen LogP contribution in [-0.4, -0.2) is 75.4 Å². The zero-order chi connectivity index (χ0) is 46.9. The number of methoxy groups -OCH3 is 1. The molecule has 8 rings (SSSR count). The van der Waals surface area contributed by atoms with Crippen molar-refractivity contribution in [3.63, 3.8) is 0 Å². The van der Waals surface area contributed by atoms with E-state index in [0.29, 0.717) is 71.0 Å². The number of fused-ring (bicyclic) bond motifs is 2. The van der Waals surface area contributed by atoms with Gasteiger partial charge in [-0.1, -0.05) is 60.7 Å². The van der Waals surface area contributed by atoms with Crippen LogP contribution in [0.1, 0.15) is 53.4 Å². The van der Waals surface area contributed by atoms with Crippen LogP contribution in [0.4, 0.5) is 11.4 Å². The van der Waals surface area contributed by atoms with Crippen molar-refractivity contribution in [2.75, 3.05) is 18.6 Å². The molecule has 0 bridgehead atoms. The molecule has 6 aromatic rings. The summed E-state index contributed by atoms with van der Waals surface area (Å²) in [5, 5.41) is 22.1. The van der Waals surface area contributed by atoms with E-state index in [0.717, 1.165) is 44.1 Å². The van der Waals surface area contributed by atoms with Crippen LogP contribution in [-0.2, 0) is 54.4 Å². The molecule has 17 nitrogen and oxygen atoms in total. The second-order valence-electron chi connectivity index (χ2n) is 15.9. The Labute approximate surface area is 379 Å². The minimum absolute atomic E-state index is 0.137. The third-order valence-electron chi connectivity index (χ3n) is 11.2. The van der Waals surface area contributed by atoms with Crippen molar-refractivity contribution in [3.05, 3.63) is 142 Å². The SMILES string of the molecule is COC(=O)C(Cc1c(C=C2C(=O)NN=C2CCc2ccc(N)cc2)[nH]c2ccccc12)NC(C)=O.Nc1ccc(CCC2=NNC(=O)C2=Cc2[nH]c3ccccc3c2CC(N)C(=O)O)cc1. The molecule has 66 heavy (non-hydrogen) atoms. The van der Waals surface area contributed by atoms with E-state index in [4.69, 9.17) is 21.9 Å². The van der Waals surface area contributed by atoms with Gasteiger partial charge in [0.25, 0.3) is 11.8 Å². The smallest absolute Gasteiger partial charge is 0.328 e. The van der Waals surface area contributed by atoms with Crippen molar-refractivity contribution in [1.82, 2.24) is 26.1 Å². The lowest BCUT2D eigenvalue weighted by molar-refractivity contribution is -0.144. The fourth-order valence-electron chi connectivity index (χ4n) is 7.82. The number of carbonyl (C=O) groups is 5. The molecule has 2 atom stereocenters. The molecule has 2 aromatic heterocycles. The predicted molar refractivity (Wildman–Crippen MR) is 255 cm³/mol. The van der Waals surface area contributed by atoms with Crippen molar-refractivity contribution in [2.45, 2.75) is 57.5 Å². The second kappa shape index (κ2) is 20.5. The van der Waals surface area contributed by atoms with Crippen LogP contribution >= 0.6 is 0 Å². The van der Waals surface area contributed by atoms with E-state index in [1.807, 2.05) is 97.1 Å². The van der Waals surface area contributed by atoms with E-state index < -0.39 is 24.0 Å². The molecule has 0 aliphatic carbocycles. The van der Waals surface area contributed by atoms with Crippen LogP contribution in [0.5, 0.6) is 0 Å². The van der Waals surface area contributed by atoms with Crippen LogP contribution < -0.4 is 33.4 Å². The lowest BCUT2D eigenvalue weighted by Crippen LogP contribution is -2.42. The summed E-state index contributed by atoms with van der Waals surface area (Å²) in [4.78, 5) is 67.1. The first kappa shape index (κ1) is 45.7. The maximum Gasteiger partial charge on any atom is 0.328 e. The van der Waals surface area contributed by atoms with Gasteiger partial charge in [-0.3, -0.25) is 19.2 Å². The van der Waals surface area contributed by atoms with Crippen LogP contribution in [0.3, 0.4) is 0 Å². The molecule has 2 unspecified atom stereocenters. The molecule has 0 radical (unpaired) electrons. The Hall–Kier alpha value is -8.31. The van der Waals surface area contributed by atoms with Crippen molar-refractivity contribution in [3.8, 4) is 0 Å². The first-order valence-corrected chi connectivity index (χ1v) is 21.2. The number of para-hydroxylation sites is 2. The van der Waals surface area contributed by atoms with Gasteiger partial charge in [0.1, 0.15) is 12.1 Å². The van der Waals surface area contributed by atoms with E-state index in [2.05, 4.69) is 36.3 Å². The van der Waals surface area contributed by atoms with Gasteiger partial charge in [-0.2, -0.15) is 10.2 Å². The van der Waals surface area contributed by atoms with E-state index in [1.54, 1.807) is 12.2 Å². The Kier molecular flexibility index (Phi) is 14.2. The fraction of sp³-hybridized carbons (Fsp3) is 0.204. The maximum absolute atomic E-state index is 12.6. The predicted octanol–water partition coefficient (Wildman–Crippen LogP) is 4.68. The van der Waals surface area contributed by atoms with E-state index in [9.17, 15) is 29.1 Å². The highest BCUT2D eigenvalue weighted by atomic mass is 16.5. The van der Waals surface area contributed by atoms with Gasteiger partial charge in [-0.25, -0.2) is 15.6 Å². The summed E-state index contributed by atoms with van der Waals surface area (Å²) in [6, 6.07) is 28.5. The third-order valence-corrected chi connectivity index (χ3v) is 11.2. The summed E-state index contributed by atoms with van der Waals surface area (Å²) in [5.41, 5.74) is 32.7. The summed E-state index contributed by atoms with van der Waals surface area (Å²) in [6.07, 6.45) is 6.33. The van der Waals surface area contributed by atoms with Crippen LogP contribution in [0.15, 0.2) is 118 Å². The van der Waals surface area contributed by atoms with Gasteiger partial charge in [-0.15, -0.1) is 0 Å². The van der Waals surface area contributed by atoms with Gasteiger partial charge < -0.3 is 42.3 Å². The summed E-state index contributed by atoms with van der Waals surface area (Å²) in [5.74, 6) is -2.55. The number of hydrogen-bond acceptors (Lipinski definition) is 11. The Bertz CT molecular complexity index is 2940. The number of hydrazone groups is 2. The number of carbonyl (C=O) groups excluding carboxylic acids is 4. The third kappa shape index (κ3) is 10.9. The molecule has 4 aromatic carbocycles. The number of nitrogens with zero attached hydrogens (tertiary/aromatic N) is 2. The normalized spacial score (nSPS) is 15.4. The van der Waals surface area contributed by atoms with E-state index in [-0.39, 0.29) is 30.6 Å². The largest absolute Gasteiger partial charge is 0.480 e. The molecule has 338 valence electrons. The number of carboxylic acids is 1. The number of anilines is 2. The van der Waals surface area contributed by atoms with E-state index >= 15 is 0 Å². The molecular formula is C49H50N10O7. The lowest BCUT2D eigenvalue weighted by Gasteiger charge is -2.16. The number of ether oxygens (including phenoxy) is 1. The second-order valence-corrected chi connectivity index (χ2v) is 15.9. The molecular weight excluding hydrogens is 841 g/mol. The van der Waals surface area contributed by atoms with Crippen molar-refractivity contribution in [2.24, 2.45) is 15.9 Å². The lowest BCUT2D eigenvalue weighted by atomic mass is 9.98. The molecule has 17 heteroatoms. The van der Waals surface area contributed by atoms with Gasteiger partial charge in [0.2, 0.25) is 5.91 Å². The number of aryl methyl sites for hydroxylation is 2. The van der Waals surface area contributed by atoms with Crippen LogP contribution in [0, 0.1) is 0 Å². The quantitative estimate of drug-likeness (QED) is 0.0390. The fourth-order valence-corrected chi connectivity index (χ4v) is 7.82. The van der Waals surface area contributed by atoms with Crippen molar-refractivity contribution < 1.29 is 33.8 Å². The number of aromatic amines is 2. The molecule has 2 aliphatic rings. The van der Waals surface area contributed by atoms with Gasteiger partial charge >= 0.3 is 11.9 Å². The number of amides is 3. The van der Waals surface area contributed by atoms with Crippen molar-refractivity contribution in [1.29, 1.82) is 0 Å². The number of hydrogen-bond donors (Lipinski definition) is 9. The number of aromatic nitrogens is 2. The zero-order valence-corrected chi connectivity index (χ0v) is 36.3. The Morgan fingerprint density at radius 3 is 1.55 bits per heavy atom. The minimum atomic E-state index is -1.08. The number of esters is 1. The highest BCUT2D eigenvalue weighted by Gasteiger charge is 2.28. The molecule has 0 fully saturated rings. The number of nitrogens with one attached hydrogen (secondary N) is 5. The number of carboxylic acid groups (broad SMARTS) is 1. The summed E-state index contributed by atoms with van der Waals surface area (Å²) < 4.78 is 4.89. The van der Waals surface area contributed by atoms with Gasteiger partial charge in [0.15, 0.2) is 0 Å². The topological polar surface area (TPSA) is 285 Å². The van der Waals surface area contributed by atoms with Gasteiger partial charge in [0, 0.05) is 64.3 Å². The first-order chi connectivity index (χ1) is 31.8. The van der Waals surface area contributed by atoms with Crippen molar-refractivity contribution >= 4 is 86.4 Å². The maximum atomic E-state index is 12.6. The van der Waals surface area contributed by atoms with Gasteiger partial charge in [0.05, 0.1) is 29.7 Å². The van der Waals surface area contributed by atoms with Gasteiger partial charge in [-0.05, 0) is 96.5 Å². The van der Waals surface area contributed by atoms with Crippen LogP contribution in [0.25, 0.3) is 34.0 Å². The first-order valence-electron chi connectivity index (χ1n) is 21.2. The molecule has 0 spiro atoms. The minimum Gasteiger partial charge on any atom is -0.480 e. The number of H-pyrrole nitrogens is 2. The Morgan fingerprint density at radius 1 is 0.682 bits per heavy atom. The summed E-state index contributed by atoms with van der Waals surface area (Å²) in [7, 11) is 1.28. The zero-order valence-electron chi connectivity index (χ0n) is 36.3. The standard InChI is InChI=1S/C26H27N5O4.C23H23N5O3/c1-15(32)28-24(26(34)35-2)13-19-18-5-3-4-6-21(18)29-23(19)14-20-22(30-31-25(20)33)12-9-16-7-10-17(27)11-8-16;24-14-8-5-13(6-9-14)7-10-20-17(22(29)28-27-20)12-21-16(11-18(25)23(30)31)15-3-1-2-4-19(15)26-21/h3-8,10-11,14,24,29H,9,12-13,27H2,1-2H3,(H,28,32)(H,31,33);1-6,8-9,12,18,26H,7,10-11,24-25H2,(H,28,29)(H,30,31). The average molecular weight is 891 g/mol. The molecule has 3 amide bonds. The highest BCUT2D eigenvalue weighted by Crippen LogP contribution is 2.29. The Balaban J connectivity index is 0.000000198. The Morgan fingerprint density at radius 2 is 1.12 bits per heavy atom. The monoisotopic (exact) mass is 890 g/mol. The average Bonchev–Trinajstić information content (AvgIpc) is 4.05. The number of benzene rings is 4. The number of nitrogen functional groups attached to an aromatic ring is 2. The molecule has 0 saturated heterocycles. The number of nitrogens with two attached hydrogens (primary N) is 3. The molecule has 2 aliphatic heterocycles. The number of aliphatic carboxylic acids is 1. The molecule has 0 saturated carbocycles. The molecule has 12 N–H and O–H groups in total.